The van der Waals surface area contributed by atoms with Gasteiger partial charge in [0.2, 0.25) is 5.91 Å². The number of rotatable bonds is 8. The molecule has 4 N–H and O–H groups in total. The van der Waals surface area contributed by atoms with Crippen molar-refractivity contribution < 1.29 is 14.7 Å². The first-order chi connectivity index (χ1) is 9.52. The Morgan fingerprint density at radius 3 is 2.50 bits per heavy atom. The summed E-state index contributed by atoms with van der Waals surface area (Å²) in [6, 6.07) is 7.27. The average molecular weight is 278 g/mol. The van der Waals surface area contributed by atoms with Gasteiger partial charge < -0.3 is 16.2 Å². The van der Waals surface area contributed by atoms with E-state index in [1.54, 1.807) is 12.1 Å². The lowest BCUT2D eigenvalue weighted by molar-refractivity contribution is -0.137. The number of anilines is 1. The van der Waals surface area contributed by atoms with Crippen molar-refractivity contribution in [2.75, 3.05) is 11.9 Å². The smallest absolute Gasteiger partial charge is 0.303 e. The molecule has 110 valence electrons. The molecule has 1 amide bonds. The van der Waals surface area contributed by atoms with E-state index < -0.39 is 5.97 Å². The predicted octanol–water partition coefficient (Wildman–Crippen LogP) is 2.02. The number of aryl methyl sites for hydroxylation is 1. The van der Waals surface area contributed by atoms with Crippen LogP contribution in [0.15, 0.2) is 24.3 Å². The van der Waals surface area contributed by atoms with Crippen LogP contribution in [0.25, 0.3) is 0 Å². The molecule has 0 aliphatic rings. The lowest BCUT2D eigenvalue weighted by atomic mass is 10.0. The van der Waals surface area contributed by atoms with Crippen molar-refractivity contribution in [1.29, 1.82) is 0 Å². The van der Waals surface area contributed by atoms with Gasteiger partial charge in [0.25, 0.3) is 0 Å². The number of nitrogens with one attached hydrogen (secondary N) is 1. The zero-order valence-electron chi connectivity index (χ0n) is 11.8. The minimum absolute atomic E-state index is 0.0169. The lowest BCUT2D eigenvalue weighted by Gasteiger charge is -2.12. The molecule has 20 heavy (non-hydrogen) atoms. The van der Waals surface area contributed by atoms with E-state index in [0.29, 0.717) is 13.0 Å². The number of aliphatic carboxylic acids is 1. The molecule has 5 nitrogen and oxygen atoms in total. The first kappa shape index (κ1) is 16.2. The monoisotopic (exact) mass is 278 g/mol. The van der Waals surface area contributed by atoms with Gasteiger partial charge in [-0.3, -0.25) is 9.59 Å². The van der Waals surface area contributed by atoms with Crippen LogP contribution in [-0.2, 0) is 16.0 Å². The highest BCUT2D eigenvalue weighted by Crippen LogP contribution is 2.14. The van der Waals surface area contributed by atoms with Crippen LogP contribution in [0.4, 0.5) is 5.69 Å². The second kappa shape index (κ2) is 8.32. The van der Waals surface area contributed by atoms with Gasteiger partial charge in [-0.25, -0.2) is 0 Å². The second-order valence-corrected chi connectivity index (χ2v) is 4.91. The average Bonchev–Trinajstić information content (AvgIpc) is 2.43. The molecule has 5 heteroatoms. The van der Waals surface area contributed by atoms with Crippen LogP contribution in [0.3, 0.4) is 0 Å². The summed E-state index contributed by atoms with van der Waals surface area (Å²) in [5.74, 6) is -0.891. The Bertz CT molecular complexity index is 443. The van der Waals surface area contributed by atoms with Crippen LogP contribution in [0, 0.1) is 5.92 Å². The van der Waals surface area contributed by atoms with Crippen LogP contribution in [0.5, 0.6) is 0 Å². The fraction of sp³-hybridized carbons (Fsp3) is 0.467. The summed E-state index contributed by atoms with van der Waals surface area (Å²) >= 11 is 0. The maximum Gasteiger partial charge on any atom is 0.303 e. The SMILES string of the molecule is CC(CCCN)C(=O)Nc1ccc(CCC(=O)O)cc1. The Morgan fingerprint density at radius 1 is 1.30 bits per heavy atom. The number of amides is 1. The van der Waals surface area contributed by atoms with Crippen molar-refractivity contribution in [3.05, 3.63) is 29.8 Å². The zero-order valence-corrected chi connectivity index (χ0v) is 11.8. The molecule has 1 atom stereocenters. The zero-order chi connectivity index (χ0) is 15.0. The molecule has 0 saturated heterocycles. The quantitative estimate of drug-likeness (QED) is 0.678. The second-order valence-electron chi connectivity index (χ2n) is 4.91. The molecule has 0 saturated carbocycles. The molecule has 0 bridgehead atoms. The van der Waals surface area contributed by atoms with Crippen LogP contribution in [-0.4, -0.2) is 23.5 Å². The number of carboxylic acids is 1. The van der Waals surface area contributed by atoms with E-state index in [1.807, 2.05) is 19.1 Å². The van der Waals surface area contributed by atoms with Crippen LogP contribution in [0.2, 0.25) is 0 Å². The third-order valence-electron chi connectivity index (χ3n) is 3.14. The summed E-state index contributed by atoms with van der Waals surface area (Å²) in [6.45, 7) is 2.47. The van der Waals surface area contributed by atoms with Crippen LogP contribution >= 0.6 is 0 Å². The molecule has 1 aromatic carbocycles. The topological polar surface area (TPSA) is 92.4 Å². The van der Waals surface area contributed by atoms with Crippen molar-refractivity contribution in [2.45, 2.75) is 32.6 Å². The molecule has 0 radical (unpaired) electrons. The van der Waals surface area contributed by atoms with Crippen molar-refractivity contribution in [2.24, 2.45) is 11.7 Å². The van der Waals surface area contributed by atoms with Gasteiger partial charge >= 0.3 is 5.97 Å². The molecule has 0 fully saturated rings. The third kappa shape index (κ3) is 5.84. The van der Waals surface area contributed by atoms with Gasteiger partial charge in [-0.15, -0.1) is 0 Å². The summed E-state index contributed by atoms with van der Waals surface area (Å²) in [6.07, 6.45) is 2.22. The minimum Gasteiger partial charge on any atom is -0.481 e. The molecule has 1 unspecified atom stereocenters. The van der Waals surface area contributed by atoms with Gasteiger partial charge in [-0.1, -0.05) is 19.1 Å². The molecule has 1 aromatic rings. The number of carboxylic acid groups (broad SMARTS) is 1. The third-order valence-corrected chi connectivity index (χ3v) is 3.14. The Hall–Kier alpha value is -1.88. The summed E-state index contributed by atoms with van der Waals surface area (Å²) in [4.78, 5) is 22.4. The van der Waals surface area contributed by atoms with E-state index in [9.17, 15) is 9.59 Å². The van der Waals surface area contributed by atoms with Crippen molar-refractivity contribution in [3.63, 3.8) is 0 Å². The Labute approximate surface area is 119 Å². The van der Waals surface area contributed by atoms with Gasteiger partial charge in [0.1, 0.15) is 0 Å². The molecule has 0 aliphatic heterocycles. The van der Waals surface area contributed by atoms with E-state index >= 15 is 0 Å². The van der Waals surface area contributed by atoms with E-state index in [4.69, 9.17) is 10.8 Å². The molecule has 1 rings (SSSR count). The van der Waals surface area contributed by atoms with Crippen molar-refractivity contribution >= 4 is 17.6 Å². The fourth-order valence-electron chi connectivity index (χ4n) is 1.83. The number of carbonyl (C=O) groups is 2. The van der Waals surface area contributed by atoms with Crippen molar-refractivity contribution in [1.82, 2.24) is 0 Å². The van der Waals surface area contributed by atoms with E-state index in [-0.39, 0.29) is 18.2 Å². The predicted molar refractivity (Wildman–Crippen MR) is 78.5 cm³/mol. The molecular weight excluding hydrogens is 256 g/mol. The molecular formula is C15H22N2O3. The Morgan fingerprint density at radius 2 is 1.95 bits per heavy atom. The standard InChI is InChI=1S/C15H22N2O3/c1-11(3-2-10-16)15(20)17-13-7-4-12(5-8-13)6-9-14(18)19/h4-5,7-8,11H,2-3,6,9-10,16H2,1H3,(H,17,20)(H,18,19). The summed E-state index contributed by atoms with van der Waals surface area (Å²) in [7, 11) is 0. The summed E-state index contributed by atoms with van der Waals surface area (Å²) in [5, 5.41) is 11.5. The normalized spacial score (nSPS) is 11.9. The minimum atomic E-state index is -0.809. The van der Waals surface area contributed by atoms with Gasteiger partial charge in [0, 0.05) is 18.0 Å². The lowest BCUT2D eigenvalue weighted by Crippen LogP contribution is -2.21. The highest BCUT2D eigenvalue weighted by molar-refractivity contribution is 5.92. The first-order valence-electron chi connectivity index (χ1n) is 6.84. The number of hydrogen-bond donors (Lipinski definition) is 3. The first-order valence-corrected chi connectivity index (χ1v) is 6.84. The highest BCUT2D eigenvalue weighted by Gasteiger charge is 2.12. The van der Waals surface area contributed by atoms with Crippen molar-refractivity contribution in [3.8, 4) is 0 Å². The number of nitrogens with two attached hydrogens (primary N) is 1. The van der Waals surface area contributed by atoms with E-state index in [0.717, 1.165) is 24.1 Å². The molecule has 0 heterocycles. The maximum absolute atomic E-state index is 11.9. The highest BCUT2D eigenvalue weighted by atomic mass is 16.4. The van der Waals surface area contributed by atoms with Crippen LogP contribution < -0.4 is 11.1 Å². The number of benzene rings is 1. The molecule has 0 aliphatic carbocycles. The molecule has 0 spiro atoms. The maximum atomic E-state index is 11.9. The van der Waals surface area contributed by atoms with E-state index in [1.165, 1.54) is 0 Å². The van der Waals surface area contributed by atoms with Crippen LogP contribution in [0.1, 0.15) is 31.7 Å². The Balaban J connectivity index is 2.48. The van der Waals surface area contributed by atoms with Gasteiger partial charge in [-0.2, -0.15) is 0 Å². The van der Waals surface area contributed by atoms with Gasteiger partial charge in [0.05, 0.1) is 0 Å². The largest absolute Gasteiger partial charge is 0.481 e. The molecule has 0 aromatic heterocycles. The summed E-state index contributed by atoms with van der Waals surface area (Å²) in [5.41, 5.74) is 7.10. The van der Waals surface area contributed by atoms with E-state index in [2.05, 4.69) is 5.32 Å². The number of carbonyl (C=O) groups excluding carboxylic acids is 1. The van der Waals surface area contributed by atoms with Gasteiger partial charge in [-0.05, 0) is 43.5 Å². The Kier molecular flexibility index (Phi) is 6.73. The summed E-state index contributed by atoms with van der Waals surface area (Å²) < 4.78 is 0. The number of hydrogen-bond acceptors (Lipinski definition) is 3. The van der Waals surface area contributed by atoms with Gasteiger partial charge in [0.15, 0.2) is 0 Å². The fourth-order valence-corrected chi connectivity index (χ4v) is 1.83.